The van der Waals surface area contributed by atoms with Crippen LogP contribution in [0.1, 0.15) is 18.4 Å². The summed E-state index contributed by atoms with van der Waals surface area (Å²) in [4.78, 5) is 11.7. The topological polar surface area (TPSA) is 79.0 Å². The first-order valence-corrected chi connectivity index (χ1v) is 7.53. The fraction of sp³-hybridized carbons (Fsp3) is 0.375. The smallest absolute Gasteiger partial charge is 0.315 e. The molecule has 22 heavy (non-hydrogen) atoms. The van der Waals surface area contributed by atoms with Crippen LogP contribution in [-0.4, -0.2) is 35.5 Å². The lowest BCUT2D eigenvalue weighted by molar-refractivity contribution is 0.111. The van der Waals surface area contributed by atoms with E-state index in [-0.39, 0.29) is 12.1 Å². The Hall–Kier alpha value is -2.34. The molecule has 1 aliphatic rings. The summed E-state index contributed by atoms with van der Waals surface area (Å²) in [6.07, 6.45) is 3.99. The minimum Gasteiger partial charge on any atom is -0.376 e. The van der Waals surface area contributed by atoms with Crippen molar-refractivity contribution in [3.63, 3.8) is 0 Å². The number of benzene rings is 1. The number of ether oxygens (including phenoxy) is 1. The summed E-state index contributed by atoms with van der Waals surface area (Å²) in [5, 5.41) is 12.5. The van der Waals surface area contributed by atoms with E-state index in [0.717, 1.165) is 36.3 Å². The second-order valence-electron chi connectivity index (χ2n) is 5.37. The van der Waals surface area contributed by atoms with Crippen molar-refractivity contribution in [3.05, 3.63) is 42.1 Å². The number of hydrogen-bond acceptors (Lipinski definition) is 3. The molecule has 1 saturated heterocycles. The summed E-state index contributed by atoms with van der Waals surface area (Å²) >= 11 is 0. The van der Waals surface area contributed by atoms with Gasteiger partial charge in [0.05, 0.1) is 11.8 Å². The number of H-pyrrole nitrogens is 1. The molecular formula is C16H20N4O2. The highest BCUT2D eigenvalue weighted by molar-refractivity contribution is 5.73. The predicted molar refractivity (Wildman–Crippen MR) is 83.2 cm³/mol. The molecule has 6 heteroatoms. The van der Waals surface area contributed by atoms with Crippen molar-refractivity contribution in [2.45, 2.75) is 25.5 Å². The maximum atomic E-state index is 11.7. The molecule has 1 atom stereocenters. The van der Waals surface area contributed by atoms with Gasteiger partial charge in [0.1, 0.15) is 0 Å². The molecule has 3 N–H and O–H groups in total. The Labute approximate surface area is 129 Å². The first-order chi connectivity index (χ1) is 10.8. The molecule has 0 radical (unpaired) electrons. The van der Waals surface area contributed by atoms with Gasteiger partial charge < -0.3 is 15.4 Å². The van der Waals surface area contributed by atoms with Gasteiger partial charge in [-0.05, 0) is 30.0 Å². The zero-order valence-corrected chi connectivity index (χ0v) is 12.3. The van der Waals surface area contributed by atoms with Crippen LogP contribution in [0.15, 0.2) is 36.5 Å². The van der Waals surface area contributed by atoms with Gasteiger partial charge in [0.25, 0.3) is 0 Å². The fourth-order valence-corrected chi connectivity index (χ4v) is 2.48. The van der Waals surface area contributed by atoms with Crippen molar-refractivity contribution in [1.82, 2.24) is 20.8 Å². The van der Waals surface area contributed by atoms with Crippen molar-refractivity contribution >= 4 is 6.03 Å². The number of urea groups is 1. The highest BCUT2D eigenvalue weighted by Crippen LogP contribution is 2.16. The zero-order chi connectivity index (χ0) is 15.2. The fourth-order valence-electron chi connectivity index (χ4n) is 2.48. The van der Waals surface area contributed by atoms with Crippen LogP contribution < -0.4 is 10.6 Å². The maximum absolute atomic E-state index is 11.7. The highest BCUT2D eigenvalue weighted by atomic mass is 16.5. The number of rotatable bonds is 5. The highest BCUT2D eigenvalue weighted by Gasteiger charge is 2.15. The lowest BCUT2D eigenvalue weighted by Crippen LogP contribution is -2.39. The largest absolute Gasteiger partial charge is 0.376 e. The van der Waals surface area contributed by atoms with Crippen molar-refractivity contribution in [1.29, 1.82) is 0 Å². The van der Waals surface area contributed by atoms with Crippen molar-refractivity contribution in [3.8, 4) is 11.3 Å². The minimum absolute atomic E-state index is 0.159. The molecule has 1 aromatic heterocycles. The molecule has 0 saturated carbocycles. The Morgan fingerprint density at radius 1 is 1.27 bits per heavy atom. The van der Waals surface area contributed by atoms with Gasteiger partial charge in [0.2, 0.25) is 0 Å². The van der Waals surface area contributed by atoms with Gasteiger partial charge in [-0.3, -0.25) is 5.10 Å². The molecule has 0 unspecified atom stereocenters. The third-order valence-corrected chi connectivity index (χ3v) is 3.73. The molecule has 1 aliphatic heterocycles. The number of nitrogens with zero attached hydrogens (tertiary/aromatic N) is 1. The normalized spacial score (nSPS) is 17.4. The Balaban J connectivity index is 1.43. The molecule has 2 heterocycles. The minimum atomic E-state index is -0.159. The molecule has 0 bridgehead atoms. The first kappa shape index (κ1) is 14.6. The summed E-state index contributed by atoms with van der Waals surface area (Å²) in [6, 6.07) is 9.77. The summed E-state index contributed by atoms with van der Waals surface area (Å²) < 4.78 is 5.46. The number of hydrogen-bond donors (Lipinski definition) is 3. The van der Waals surface area contributed by atoms with E-state index >= 15 is 0 Å². The predicted octanol–water partition coefficient (Wildman–Crippen LogP) is 2.05. The second kappa shape index (κ2) is 7.09. The van der Waals surface area contributed by atoms with Crippen LogP contribution in [-0.2, 0) is 11.3 Å². The van der Waals surface area contributed by atoms with Gasteiger partial charge in [-0.25, -0.2) is 4.79 Å². The molecule has 2 aromatic rings. The Morgan fingerprint density at radius 2 is 2.14 bits per heavy atom. The maximum Gasteiger partial charge on any atom is 0.315 e. The van der Waals surface area contributed by atoms with Crippen LogP contribution in [0.25, 0.3) is 11.3 Å². The van der Waals surface area contributed by atoms with Crippen LogP contribution in [0.5, 0.6) is 0 Å². The van der Waals surface area contributed by atoms with E-state index < -0.39 is 0 Å². The number of aromatic amines is 1. The van der Waals surface area contributed by atoms with Crippen LogP contribution in [0, 0.1) is 0 Å². The quantitative estimate of drug-likeness (QED) is 0.791. The molecule has 2 amide bonds. The number of carbonyl (C=O) groups is 1. The molecule has 1 fully saturated rings. The van der Waals surface area contributed by atoms with Gasteiger partial charge >= 0.3 is 6.03 Å². The summed E-state index contributed by atoms with van der Waals surface area (Å²) in [6.45, 7) is 1.88. The van der Waals surface area contributed by atoms with E-state index in [4.69, 9.17) is 4.74 Å². The second-order valence-corrected chi connectivity index (χ2v) is 5.37. The van der Waals surface area contributed by atoms with E-state index in [9.17, 15) is 4.79 Å². The molecule has 3 rings (SSSR count). The third kappa shape index (κ3) is 3.85. The molecular weight excluding hydrogens is 280 g/mol. The van der Waals surface area contributed by atoms with Crippen molar-refractivity contribution in [2.24, 2.45) is 0 Å². The van der Waals surface area contributed by atoms with Gasteiger partial charge in [0.15, 0.2) is 0 Å². The molecule has 1 aromatic carbocycles. The molecule has 6 nitrogen and oxygen atoms in total. The number of aromatic nitrogens is 2. The molecule has 0 spiro atoms. The molecule has 0 aliphatic carbocycles. The average Bonchev–Trinajstić information content (AvgIpc) is 3.24. The van der Waals surface area contributed by atoms with E-state index in [0.29, 0.717) is 13.1 Å². The van der Waals surface area contributed by atoms with Crippen LogP contribution in [0.3, 0.4) is 0 Å². The van der Waals surface area contributed by atoms with Gasteiger partial charge in [-0.1, -0.05) is 24.3 Å². The summed E-state index contributed by atoms with van der Waals surface area (Å²) in [7, 11) is 0. The SMILES string of the molecule is O=C(NCc1ccc(-c2ccn[nH]2)cc1)NC[C@H]1CCCO1. The Morgan fingerprint density at radius 3 is 2.82 bits per heavy atom. The van der Waals surface area contributed by atoms with Crippen molar-refractivity contribution < 1.29 is 9.53 Å². The standard InChI is InChI=1S/C16H20N4O2/c21-16(18-11-14-2-1-9-22-14)17-10-12-3-5-13(6-4-12)15-7-8-19-20-15/h3-8,14H,1-2,9-11H2,(H,19,20)(H2,17,18,21)/t14-/m1/s1. The number of nitrogens with one attached hydrogen (secondary N) is 3. The van der Waals surface area contributed by atoms with Crippen LogP contribution in [0.2, 0.25) is 0 Å². The third-order valence-electron chi connectivity index (χ3n) is 3.73. The van der Waals surface area contributed by atoms with Gasteiger partial charge in [0, 0.05) is 25.9 Å². The lowest BCUT2D eigenvalue weighted by Gasteiger charge is -2.12. The van der Waals surface area contributed by atoms with Crippen molar-refractivity contribution in [2.75, 3.05) is 13.2 Å². The van der Waals surface area contributed by atoms with E-state index in [1.165, 1.54) is 0 Å². The first-order valence-electron chi connectivity index (χ1n) is 7.53. The average molecular weight is 300 g/mol. The summed E-state index contributed by atoms with van der Waals surface area (Å²) in [5.41, 5.74) is 3.11. The Kier molecular flexibility index (Phi) is 4.70. The summed E-state index contributed by atoms with van der Waals surface area (Å²) in [5.74, 6) is 0. The van der Waals surface area contributed by atoms with E-state index in [2.05, 4.69) is 20.8 Å². The Bertz CT molecular complexity index is 589. The van der Waals surface area contributed by atoms with Gasteiger partial charge in [-0.15, -0.1) is 0 Å². The van der Waals surface area contributed by atoms with Crippen LogP contribution in [0.4, 0.5) is 4.79 Å². The van der Waals surface area contributed by atoms with Gasteiger partial charge in [-0.2, -0.15) is 5.10 Å². The molecule has 116 valence electrons. The number of carbonyl (C=O) groups excluding carboxylic acids is 1. The van der Waals surface area contributed by atoms with E-state index in [1.807, 2.05) is 30.3 Å². The lowest BCUT2D eigenvalue weighted by atomic mass is 10.1. The van der Waals surface area contributed by atoms with Crippen LogP contribution >= 0.6 is 0 Å². The monoisotopic (exact) mass is 300 g/mol. The van der Waals surface area contributed by atoms with E-state index in [1.54, 1.807) is 6.20 Å². The zero-order valence-electron chi connectivity index (χ0n) is 12.3. The number of amides is 2.